The standard InChI is InChI=1S/C20H27NO2/c1-5-15-11-13(3)10-14(4)16(15)17-18(22)20(21-19(17)23)8-6-12(2)7-9-20/h10-12,22H,5-9H2,1-4H3,(H,21,23). The van der Waals surface area contributed by atoms with Crippen LogP contribution < -0.4 is 5.32 Å². The van der Waals surface area contributed by atoms with Crippen LogP contribution in [-0.2, 0) is 11.2 Å². The van der Waals surface area contributed by atoms with Crippen LogP contribution in [0, 0.1) is 19.8 Å². The van der Waals surface area contributed by atoms with Crippen molar-refractivity contribution in [2.24, 2.45) is 5.92 Å². The maximum Gasteiger partial charge on any atom is 0.256 e. The van der Waals surface area contributed by atoms with Gasteiger partial charge < -0.3 is 10.4 Å². The fourth-order valence-corrected chi connectivity index (χ4v) is 4.23. The molecule has 1 fully saturated rings. The predicted octanol–water partition coefficient (Wildman–Crippen LogP) is 4.21. The van der Waals surface area contributed by atoms with Gasteiger partial charge in [-0.15, -0.1) is 0 Å². The van der Waals surface area contributed by atoms with Crippen molar-refractivity contribution in [2.75, 3.05) is 0 Å². The van der Waals surface area contributed by atoms with E-state index in [4.69, 9.17) is 0 Å². The van der Waals surface area contributed by atoms with Gasteiger partial charge in [0, 0.05) is 0 Å². The summed E-state index contributed by atoms with van der Waals surface area (Å²) in [7, 11) is 0. The van der Waals surface area contributed by atoms with Crippen molar-refractivity contribution < 1.29 is 9.90 Å². The minimum Gasteiger partial charge on any atom is -0.509 e. The van der Waals surface area contributed by atoms with Gasteiger partial charge in [0.1, 0.15) is 5.76 Å². The Balaban J connectivity index is 2.12. The SMILES string of the molecule is CCc1cc(C)cc(C)c1C1=C(O)C2(CCC(C)CC2)NC1=O. The van der Waals surface area contributed by atoms with Crippen LogP contribution in [0.4, 0.5) is 0 Å². The van der Waals surface area contributed by atoms with Gasteiger partial charge in [-0.3, -0.25) is 4.79 Å². The molecule has 1 aromatic rings. The molecule has 3 nitrogen and oxygen atoms in total. The molecule has 3 rings (SSSR count). The molecule has 23 heavy (non-hydrogen) atoms. The smallest absolute Gasteiger partial charge is 0.256 e. The molecule has 124 valence electrons. The Kier molecular flexibility index (Phi) is 3.99. The van der Waals surface area contributed by atoms with Crippen molar-refractivity contribution >= 4 is 11.5 Å². The van der Waals surface area contributed by atoms with E-state index in [0.717, 1.165) is 48.8 Å². The van der Waals surface area contributed by atoms with Crippen molar-refractivity contribution in [3.05, 3.63) is 40.1 Å². The minimum absolute atomic E-state index is 0.112. The van der Waals surface area contributed by atoms with Crippen LogP contribution in [0.2, 0.25) is 0 Å². The fourth-order valence-electron chi connectivity index (χ4n) is 4.23. The van der Waals surface area contributed by atoms with E-state index in [1.165, 1.54) is 5.56 Å². The molecular weight excluding hydrogens is 286 g/mol. The highest BCUT2D eigenvalue weighted by molar-refractivity contribution is 6.24. The first-order valence-electron chi connectivity index (χ1n) is 8.74. The highest BCUT2D eigenvalue weighted by Crippen LogP contribution is 2.44. The van der Waals surface area contributed by atoms with Gasteiger partial charge in [0.2, 0.25) is 0 Å². The lowest BCUT2D eigenvalue weighted by atomic mass is 9.76. The number of benzene rings is 1. The number of aliphatic hydroxyl groups excluding tert-OH is 1. The molecule has 0 radical (unpaired) electrons. The predicted molar refractivity (Wildman–Crippen MR) is 93.3 cm³/mol. The van der Waals surface area contributed by atoms with Crippen molar-refractivity contribution in [2.45, 2.75) is 65.3 Å². The second kappa shape index (κ2) is 5.70. The van der Waals surface area contributed by atoms with Gasteiger partial charge in [0.15, 0.2) is 0 Å². The maximum absolute atomic E-state index is 12.7. The third kappa shape index (κ3) is 2.56. The summed E-state index contributed by atoms with van der Waals surface area (Å²) >= 11 is 0. The summed E-state index contributed by atoms with van der Waals surface area (Å²) in [4.78, 5) is 12.7. The monoisotopic (exact) mass is 313 g/mol. The van der Waals surface area contributed by atoms with Crippen molar-refractivity contribution in [1.29, 1.82) is 0 Å². The number of nitrogens with one attached hydrogen (secondary N) is 1. The Labute approximate surface area is 138 Å². The highest BCUT2D eigenvalue weighted by Gasteiger charge is 2.47. The zero-order chi connectivity index (χ0) is 16.8. The molecule has 0 bridgehead atoms. The Morgan fingerprint density at radius 3 is 2.52 bits per heavy atom. The molecule has 1 aliphatic heterocycles. The lowest BCUT2D eigenvalue weighted by molar-refractivity contribution is -0.116. The number of hydrogen-bond donors (Lipinski definition) is 2. The first-order chi connectivity index (χ1) is 10.9. The molecule has 1 spiro atoms. The number of amides is 1. The van der Waals surface area contributed by atoms with E-state index >= 15 is 0 Å². The molecule has 0 unspecified atom stereocenters. The van der Waals surface area contributed by atoms with Gasteiger partial charge in [-0.25, -0.2) is 0 Å². The molecule has 1 aliphatic carbocycles. The Morgan fingerprint density at radius 2 is 1.91 bits per heavy atom. The third-order valence-corrected chi connectivity index (χ3v) is 5.59. The van der Waals surface area contributed by atoms with Gasteiger partial charge in [-0.2, -0.15) is 0 Å². The summed E-state index contributed by atoms with van der Waals surface area (Å²) in [5.41, 5.74) is 4.32. The lowest BCUT2D eigenvalue weighted by Crippen LogP contribution is -2.47. The first kappa shape index (κ1) is 16.1. The normalized spacial score (nSPS) is 27.7. The molecule has 2 aliphatic rings. The van der Waals surface area contributed by atoms with Gasteiger partial charge in [0.05, 0.1) is 11.1 Å². The second-order valence-electron chi connectivity index (χ2n) is 7.41. The van der Waals surface area contributed by atoms with Crippen LogP contribution in [0.1, 0.15) is 61.8 Å². The van der Waals surface area contributed by atoms with Crippen LogP contribution in [0.25, 0.3) is 5.57 Å². The van der Waals surface area contributed by atoms with E-state index in [-0.39, 0.29) is 11.7 Å². The highest BCUT2D eigenvalue weighted by atomic mass is 16.3. The zero-order valence-corrected chi connectivity index (χ0v) is 14.6. The number of aryl methyl sites for hydroxylation is 3. The Hall–Kier alpha value is -1.77. The maximum atomic E-state index is 12.7. The van der Waals surface area contributed by atoms with Crippen molar-refractivity contribution in [1.82, 2.24) is 5.32 Å². The van der Waals surface area contributed by atoms with E-state index in [2.05, 4.69) is 38.2 Å². The molecule has 1 aromatic carbocycles. The summed E-state index contributed by atoms with van der Waals surface area (Å²) in [5.74, 6) is 0.830. The summed E-state index contributed by atoms with van der Waals surface area (Å²) < 4.78 is 0. The van der Waals surface area contributed by atoms with Crippen molar-refractivity contribution in [3.63, 3.8) is 0 Å². The average molecular weight is 313 g/mol. The molecule has 0 saturated heterocycles. The number of aliphatic hydroxyl groups is 1. The number of hydrogen-bond acceptors (Lipinski definition) is 2. The van der Waals surface area contributed by atoms with Crippen LogP contribution in [0.5, 0.6) is 0 Å². The summed E-state index contributed by atoms with van der Waals surface area (Å²) in [5, 5.41) is 14.1. The van der Waals surface area contributed by atoms with E-state index in [0.29, 0.717) is 11.5 Å². The van der Waals surface area contributed by atoms with E-state index in [9.17, 15) is 9.90 Å². The topological polar surface area (TPSA) is 49.3 Å². The van der Waals surface area contributed by atoms with Crippen LogP contribution in [-0.4, -0.2) is 16.6 Å². The molecule has 1 amide bonds. The Bertz CT molecular complexity index is 679. The van der Waals surface area contributed by atoms with E-state index in [1.54, 1.807) is 0 Å². The van der Waals surface area contributed by atoms with Gasteiger partial charge in [-0.05, 0) is 68.6 Å². The largest absolute Gasteiger partial charge is 0.509 e. The Morgan fingerprint density at radius 1 is 1.26 bits per heavy atom. The number of carbonyl (C=O) groups is 1. The molecular formula is C20H27NO2. The average Bonchev–Trinajstić information content (AvgIpc) is 2.73. The van der Waals surface area contributed by atoms with Crippen LogP contribution in [0.15, 0.2) is 17.9 Å². The molecule has 2 N–H and O–H groups in total. The summed E-state index contributed by atoms with van der Waals surface area (Å²) in [6, 6.07) is 4.22. The van der Waals surface area contributed by atoms with Gasteiger partial charge in [-0.1, -0.05) is 31.5 Å². The fraction of sp³-hybridized carbons (Fsp3) is 0.550. The minimum atomic E-state index is -0.527. The zero-order valence-electron chi connectivity index (χ0n) is 14.6. The molecule has 0 aromatic heterocycles. The summed E-state index contributed by atoms with van der Waals surface area (Å²) in [6.45, 7) is 8.44. The summed E-state index contributed by atoms with van der Waals surface area (Å²) in [6.07, 6.45) is 4.62. The molecule has 3 heteroatoms. The van der Waals surface area contributed by atoms with Crippen LogP contribution >= 0.6 is 0 Å². The van der Waals surface area contributed by atoms with Crippen molar-refractivity contribution in [3.8, 4) is 0 Å². The van der Waals surface area contributed by atoms with Gasteiger partial charge >= 0.3 is 0 Å². The second-order valence-corrected chi connectivity index (χ2v) is 7.41. The van der Waals surface area contributed by atoms with E-state index in [1.807, 2.05) is 6.92 Å². The van der Waals surface area contributed by atoms with Gasteiger partial charge in [0.25, 0.3) is 5.91 Å². The molecule has 1 saturated carbocycles. The lowest BCUT2D eigenvalue weighted by Gasteiger charge is -2.36. The van der Waals surface area contributed by atoms with E-state index < -0.39 is 5.54 Å². The first-order valence-corrected chi connectivity index (χ1v) is 8.74. The third-order valence-electron chi connectivity index (χ3n) is 5.59. The quantitative estimate of drug-likeness (QED) is 0.859. The number of rotatable bonds is 2. The van der Waals surface area contributed by atoms with Crippen LogP contribution in [0.3, 0.4) is 0 Å². The molecule has 0 atom stereocenters. The molecule has 1 heterocycles. The number of carbonyl (C=O) groups excluding carboxylic acids is 1.